The first-order valence-electron chi connectivity index (χ1n) is 5.66. The number of amides is 1. The molecule has 2 rings (SSSR count). The van der Waals surface area contributed by atoms with E-state index in [1.807, 2.05) is 18.2 Å². The molecule has 0 fully saturated rings. The summed E-state index contributed by atoms with van der Waals surface area (Å²) in [6.45, 7) is -0.121. The van der Waals surface area contributed by atoms with E-state index in [9.17, 15) is 9.59 Å². The number of ether oxygens (including phenoxy) is 1. The Bertz CT molecular complexity index is 627. The monoisotopic (exact) mass is 259 g/mol. The Hall–Kier alpha value is -2.50. The number of benzene rings is 1. The predicted molar refractivity (Wildman–Crippen MR) is 68.5 cm³/mol. The van der Waals surface area contributed by atoms with Crippen molar-refractivity contribution in [2.24, 2.45) is 0 Å². The molecular weight excluding hydrogens is 246 g/mol. The van der Waals surface area contributed by atoms with E-state index < -0.39 is 5.97 Å². The van der Waals surface area contributed by atoms with Crippen LogP contribution in [0.3, 0.4) is 0 Å². The van der Waals surface area contributed by atoms with Gasteiger partial charge in [0.1, 0.15) is 12.2 Å². The molecule has 19 heavy (non-hydrogen) atoms. The molecular formula is C13H13N3O3. The molecule has 0 aliphatic rings. The third-order valence-electron chi connectivity index (χ3n) is 2.61. The molecule has 0 radical (unpaired) electrons. The average Bonchev–Trinajstić information content (AvgIpc) is 2.45. The number of esters is 1. The molecule has 98 valence electrons. The number of fused-ring (bicyclic) bond motifs is 1. The second-order valence-electron chi connectivity index (χ2n) is 3.98. The molecule has 2 aromatic rings. The summed E-state index contributed by atoms with van der Waals surface area (Å²) in [5.74, 6) is -0.853. The van der Waals surface area contributed by atoms with Gasteiger partial charge < -0.3 is 9.64 Å². The molecule has 0 saturated heterocycles. The van der Waals surface area contributed by atoms with Gasteiger partial charge >= 0.3 is 5.97 Å². The van der Waals surface area contributed by atoms with Gasteiger partial charge in [-0.3, -0.25) is 14.6 Å². The first kappa shape index (κ1) is 12.9. The third-order valence-corrected chi connectivity index (χ3v) is 2.61. The van der Waals surface area contributed by atoms with E-state index in [1.165, 1.54) is 25.3 Å². The molecule has 0 unspecified atom stereocenters. The molecule has 1 aromatic carbocycles. The molecule has 0 atom stereocenters. The Balaban J connectivity index is 2.23. The number of methoxy groups -OCH3 is 1. The maximum absolute atomic E-state index is 12.1. The van der Waals surface area contributed by atoms with Crippen molar-refractivity contribution in [2.45, 2.75) is 0 Å². The van der Waals surface area contributed by atoms with Crippen LogP contribution in [0.15, 0.2) is 30.5 Å². The summed E-state index contributed by atoms with van der Waals surface area (Å²) in [6.07, 6.45) is 1.40. The zero-order valence-electron chi connectivity index (χ0n) is 10.7. The van der Waals surface area contributed by atoms with Gasteiger partial charge in [-0.2, -0.15) is 0 Å². The second kappa shape index (κ2) is 5.43. The van der Waals surface area contributed by atoms with Crippen molar-refractivity contribution in [1.82, 2.24) is 14.9 Å². The maximum Gasteiger partial charge on any atom is 0.325 e. The number of carbonyl (C=O) groups is 2. The van der Waals surface area contributed by atoms with E-state index in [0.29, 0.717) is 5.52 Å². The van der Waals surface area contributed by atoms with E-state index >= 15 is 0 Å². The number of likely N-dealkylation sites (N-methyl/N-ethyl adjacent to an activating group) is 1. The number of aromatic nitrogens is 2. The number of nitrogens with zero attached hydrogens (tertiary/aromatic N) is 3. The highest BCUT2D eigenvalue weighted by molar-refractivity contribution is 5.95. The smallest absolute Gasteiger partial charge is 0.325 e. The molecule has 6 heteroatoms. The van der Waals surface area contributed by atoms with Gasteiger partial charge in [0, 0.05) is 7.05 Å². The number of carbonyl (C=O) groups excluding carboxylic acids is 2. The largest absolute Gasteiger partial charge is 0.468 e. The standard InChI is InChI=1S/C13H13N3O3/c1-16(8-12(17)19-2)13(18)11-7-14-9-5-3-4-6-10(9)15-11/h3-7H,8H2,1-2H3. The van der Waals surface area contributed by atoms with Crippen LogP contribution in [0, 0.1) is 0 Å². The topological polar surface area (TPSA) is 72.4 Å². The maximum atomic E-state index is 12.1. The van der Waals surface area contributed by atoms with Crippen molar-refractivity contribution in [3.63, 3.8) is 0 Å². The molecule has 0 spiro atoms. The Morgan fingerprint density at radius 1 is 1.26 bits per heavy atom. The molecule has 1 amide bonds. The summed E-state index contributed by atoms with van der Waals surface area (Å²) in [5.41, 5.74) is 1.56. The lowest BCUT2D eigenvalue weighted by atomic mass is 10.3. The molecule has 0 aliphatic heterocycles. The fourth-order valence-corrected chi connectivity index (χ4v) is 1.59. The van der Waals surface area contributed by atoms with E-state index in [1.54, 1.807) is 6.07 Å². The molecule has 6 nitrogen and oxygen atoms in total. The summed E-state index contributed by atoms with van der Waals surface area (Å²) in [5, 5.41) is 0. The van der Waals surface area contributed by atoms with E-state index in [2.05, 4.69) is 14.7 Å². The number of para-hydroxylation sites is 2. The van der Waals surface area contributed by atoms with Crippen molar-refractivity contribution in [3.8, 4) is 0 Å². The molecule has 0 saturated carbocycles. The highest BCUT2D eigenvalue weighted by Crippen LogP contribution is 2.09. The van der Waals surface area contributed by atoms with Crippen molar-refractivity contribution < 1.29 is 14.3 Å². The quantitative estimate of drug-likeness (QED) is 0.765. The number of hydrogen-bond acceptors (Lipinski definition) is 5. The fourth-order valence-electron chi connectivity index (χ4n) is 1.59. The molecule has 0 bridgehead atoms. The second-order valence-corrected chi connectivity index (χ2v) is 3.98. The minimum Gasteiger partial charge on any atom is -0.468 e. The zero-order chi connectivity index (χ0) is 13.8. The minimum absolute atomic E-state index is 0.121. The van der Waals surface area contributed by atoms with Gasteiger partial charge in [-0.25, -0.2) is 4.98 Å². The fraction of sp³-hybridized carbons (Fsp3) is 0.231. The van der Waals surface area contributed by atoms with Crippen LogP contribution < -0.4 is 0 Å². The Kier molecular flexibility index (Phi) is 3.70. The van der Waals surface area contributed by atoms with Crippen LogP contribution in [-0.4, -0.2) is 47.4 Å². The highest BCUT2D eigenvalue weighted by Gasteiger charge is 2.17. The lowest BCUT2D eigenvalue weighted by Crippen LogP contribution is -2.33. The lowest BCUT2D eigenvalue weighted by molar-refractivity contribution is -0.141. The van der Waals surface area contributed by atoms with Crippen LogP contribution >= 0.6 is 0 Å². The summed E-state index contributed by atoms with van der Waals surface area (Å²) >= 11 is 0. The van der Waals surface area contributed by atoms with Crippen molar-refractivity contribution >= 4 is 22.9 Å². The molecule has 0 N–H and O–H groups in total. The first-order chi connectivity index (χ1) is 9.11. The van der Waals surface area contributed by atoms with Crippen LogP contribution in [-0.2, 0) is 9.53 Å². The van der Waals surface area contributed by atoms with E-state index in [-0.39, 0.29) is 18.1 Å². The van der Waals surface area contributed by atoms with Crippen LogP contribution in [0.4, 0.5) is 0 Å². The normalized spacial score (nSPS) is 10.2. The summed E-state index contributed by atoms with van der Waals surface area (Å²) < 4.78 is 4.51. The summed E-state index contributed by atoms with van der Waals surface area (Å²) in [4.78, 5) is 32.8. The number of hydrogen-bond donors (Lipinski definition) is 0. The molecule has 0 aliphatic carbocycles. The lowest BCUT2D eigenvalue weighted by Gasteiger charge is -2.14. The first-order valence-corrected chi connectivity index (χ1v) is 5.66. The predicted octanol–water partition coefficient (Wildman–Crippen LogP) is 0.875. The highest BCUT2D eigenvalue weighted by atomic mass is 16.5. The van der Waals surface area contributed by atoms with Gasteiger partial charge in [0.2, 0.25) is 0 Å². The van der Waals surface area contributed by atoms with Gasteiger partial charge in [0.05, 0.1) is 24.3 Å². The van der Waals surface area contributed by atoms with Crippen LogP contribution in [0.2, 0.25) is 0 Å². The minimum atomic E-state index is -0.482. The number of rotatable bonds is 3. The van der Waals surface area contributed by atoms with Crippen LogP contribution in [0.1, 0.15) is 10.5 Å². The Morgan fingerprint density at radius 2 is 1.95 bits per heavy atom. The third kappa shape index (κ3) is 2.85. The van der Waals surface area contributed by atoms with Gasteiger partial charge in [0.15, 0.2) is 0 Å². The van der Waals surface area contributed by atoms with Crippen molar-refractivity contribution in [2.75, 3.05) is 20.7 Å². The molecule has 1 heterocycles. The van der Waals surface area contributed by atoms with Gasteiger partial charge in [-0.15, -0.1) is 0 Å². The van der Waals surface area contributed by atoms with Gasteiger partial charge in [0.25, 0.3) is 5.91 Å². The SMILES string of the molecule is COC(=O)CN(C)C(=O)c1cnc2ccccc2n1. The van der Waals surface area contributed by atoms with E-state index in [4.69, 9.17) is 0 Å². The van der Waals surface area contributed by atoms with Crippen molar-refractivity contribution in [1.29, 1.82) is 0 Å². The van der Waals surface area contributed by atoms with E-state index in [0.717, 1.165) is 5.52 Å². The zero-order valence-corrected chi connectivity index (χ0v) is 10.7. The van der Waals surface area contributed by atoms with Gasteiger partial charge in [-0.05, 0) is 12.1 Å². The van der Waals surface area contributed by atoms with Crippen molar-refractivity contribution in [3.05, 3.63) is 36.2 Å². The summed E-state index contributed by atoms with van der Waals surface area (Å²) in [6, 6.07) is 7.26. The Labute approximate surface area is 110 Å². The summed E-state index contributed by atoms with van der Waals surface area (Å²) in [7, 11) is 2.78. The average molecular weight is 259 g/mol. The van der Waals surface area contributed by atoms with Crippen LogP contribution in [0.25, 0.3) is 11.0 Å². The van der Waals surface area contributed by atoms with Crippen LogP contribution in [0.5, 0.6) is 0 Å². The Morgan fingerprint density at radius 3 is 2.63 bits per heavy atom. The van der Waals surface area contributed by atoms with Gasteiger partial charge in [-0.1, -0.05) is 12.1 Å². The molecule has 1 aromatic heterocycles.